The number of hydrogen-bond donors (Lipinski definition) is 0. The largest absolute Gasteiger partial charge is 1.00 e. The van der Waals surface area contributed by atoms with E-state index >= 15 is 0 Å². The number of hydrogen-bond acceptors (Lipinski definition) is 0. The van der Waals surface area contributed by atoms with Gasteiger partial charge in [0.15, 0.2) is 0 Å². The molecule has 0 bridgehead atoms. The normalized spacial score (nSPS) is 0. The maximum Gasteiger partial charge on any atom is 0 e. The summed E-state index contributed by atoms with van der Waals surface area (Å²) in [5.74, 6) is 0. The van der Waals surface area contributed by atoms with Crippen molar-refractivity contribution in [2.24, 2.45) is 0 Å². The standard InChI is InChI=1S/Ag.3BrH/h;3*1H/p-3. The van der Waals surface area contributed by atoms with E-state index in [1.807, 2.05) is 0 Å². The molecular formula is AgBr3-3. The van der Waals surface area contributed by atoms with Gasteiger partial charge in [-0.2, -0.15) is 0 Å². The molecule has 4 heteroatoms. The van der Waals surface area contributed by atoms with Crippen LogP contribution < -0.4 is 50.9 Å². The third kappa shape index (κ3) is 8.89. The molecule has 0 aromatic rings. The van der Waals surface area contributed by atoms with E-state index in [9.17, 15) is 0 Å². The molecule has 0 N–H and O–H groups in total. The summed E-state index contributed by atoms with van der Waals surface area (Å²) in [5, 5.41) is 0. The molecule has 0 amide bonds. The van der Waals surface area contributed by atoms with Crippen LogP contribution in [0.5, 0.6) is 0 Å². The fourth-order valence-corrected chi connectivity index (χ4v) is 0. The Labute approximate surface area is 72.5 Å². The number of rotatable bonds is 0. The fraction of sp³-hybridized carbons (Fsp3) is 0. The van der Waals surface area contributed by atoms with Gasteiger partial charge in [0, 0.05) is 22.4 Å². The van der Waals surface area contributed by atoms with Gasteiger partial charge >= 0.3 is 0 Å². The van der Waals surface area contributed by atoms with E-state index in [0.29, 0.717) is 0 Å². The van der Waals surface area contributed by atoms with Gasteiger partial charge in [0.05, 0.1) is 0 Å². The molecule has 4 heavy (non-hydrogen) atoms. The SMILES string of the molecule is [Ag].[Br-].[Br-].[Br-]. The van der Waals surface area contributed by atoms with Crippen LogP contribution in [0.4, 0.5) is 0 Å². The van der Waals surface area contributed by atoms with E-state index in [2.05, 4.69) is 0 Å². The van der Waals surface area contributed by atoms with Crippen molar-refractivity contribution < 1.29 is 73.3 Å². The van der Waals surface area contributed by atoms with Gasteiger partial charge in [-0.25, -0.2) is 0 Å². The van der Waals surface area contributed by atoms with Gasteiger partial charge < -0.3 is 50.9 Å². The Morgan fingerprint density at radius 2 is 0.500 bits per heavy atom. The van der Waals surface area contributed by atoms with Crippen LogP contribution in [-0.2, 0) is 22.4 Å². The average molecular weight is 348 g/mol. The van der Waals surface area contributed by atoms with Crippen molar-refractivity contribution in [3.05, 3.63) is 0 Å². The zero-order valence-corrected chi connectivity index (χ0v) is 7.68. The Morgan fingerprint density at radius 1 is 0.500 bits per heavy atom. The summed E-state index contributed by atoms with van der Waals surface area (Å²) < 4.78 is 0. The Kier molecular flexibility index (Phi) is 166. The minimum Gasteiger partial charge on any atom is -1.00 e. The van der Waals surface area contributed by atoms with Crippen molar-refractivity contribution in [1.82, 2.24) is 0 Å². The van der Waals surface area contributed by atoms with E-state index in [4.69, 9.17) is 0 Å². The zero-order chi connectivity index (χ0) is 0. The topological polar surface area (TPSA) is 0 Å². The zero-order valence-electron chi connectivity index (χ0n) is 1.44. The fourth-order valence-electron chi connectivity index (χ4n) is 0. The molecule has 0 rings (SSSR count). The third-order valence-electron chi connectivity index (χ3n) is 0. The van der Waals surface area contributed by atoms with Crippen LogP contribution in [0.1, 0.15) is 0 Å². The third-order valence-corrected chi connectivity index (χ3v) is 0. The van der Waals surface area contributed by atoms with E-state index in [1.54, 1.807) is 0 Å². The van der Waals surface area contributed by atoms with Gasteiger partial charge in [-0.05, 0) is 0 Å². The van der Waals surface area contributed by atoms with Gasteiger partial charge in [-0.1, -0.05) is 0 Å². The first-order valence-corrected chi connectivity index (χ1v) is 0. The van der Waals surface area contributed by atoms with Crippen molar-refractivity contribution in [2.75, 3.05) is 0 Å². The molecule has 0 aliphatic heterocycles. The summed E-state index contributed by atoms with van der Waals surface area (Å²) in [6, 6.07) is 0. The van der Waals surface area contributed by atoms with E-state index < -0.39 is 0 Å². The van der Waals surface area contributed by atoms with Gasteiger partial charge in [0.1, 0.15) is 0 Å². The summed E-state index contributed by atoms with van der Waals surface area (Å²) >= 11 is 0. The van der Waals surface area contributed by atoms with E-state index in [1.165, 1.54) is 0 Å². The van der Waals surface area contributed by atoms with Crippen LogP contribution in [0.15, 0.2) is 0 Å². The maximum atomic E-state index is 0. The van der Waals surface area contributed by atoms with Crippen molar-refractivity contribution in [3.63, 3.8) is 0 Å². The van der Waals surface area contributed by atoms with Crippen molar-refractivity contribution in [3.8, 4) is 0 Å². The molecule has 0 atom stereocenters. The summed E-state index contributed by atoms with van der Waals surface area (Å²) in [6.07, 6.45) is 0. The second-order valence-corrected chi connectivity index (χ2v) is 0. The van der Waals surface area contributed by atoms with Gasteiger partial charge in [0.2, 0.25) is 0 Å². The molecule has 0 aromatic carbocycles. The maximum absolute atomic E-state index is 0. The van der Waals surface area contributed by atoms with E-state index in [-0.39, 0.29) is 73.3 Å². The minimum absolute atomic E-state index is 0. The molecule has 0 aliphatic rings. The smallest absolute Gasteiger partial charge is 0 e. The van der Waals surface area contributed by atoms with Crippen LogP contribution in [0.25, 0.3) is 0 Å². The molecule has 0 saturated carbocycles. The molecule has 0 aromatic heterocycles. The summed E-state index contributed by atoms with van der Waals surface area (Å²) in [4.78, 5) is 0. The second kappa shape index (κ2) is 19.0. The predicted octanol–water partition coefficient (Wildman–Crippen LogP) is -8.99. The molecular weight excluding hydrogens is 348 g/mol. The summed E-state index contributed by atoms with van der Waals surface area (Å²) in [7, 11) is 0. The van der Waals surface area contributed by atoms with Crippen molar-refractivity contribution in [2.45, 2.75) is 0 Å². The van der Waals surface area contributed by atoms with Crippen molar-refractivity contribution >= 4 is 0 Å². The van der Waals surface area contributed by atoms with Crippen LogP contribution in [-0.4, -0.2) is 0 Å². The first-order valence-electron chi connectivity index (χ1n) is 0. The van der Waals surface area contributed by atoms with Gasteiger partial charge in [-0.3, -0.25) is 0 Å². The van der Waals surface area contributed by atoms with Crippen LogP contribution in [0.2, 0.25) is 0 Å². The molecule has 0 fully saturated rings. The monoisotopic (exact) mass is 344 g/mol. The van der Waals surface area contributed by atoms with E-state index in [0.717, 1.165) is 0 Å². The molecule has 0 spiro atoms. The predicted molar refractivity (Wildman–Crippen MR) is 0 cm³/mol. The quantitative estimate of drug-likeness (QED) is 0.382. The molecule has 0 saturated heterocycles. The first-order chi connectivity index (χ1) is 0. The van der Waals surface area contributed by atoms with Crippen LogP contribution in [0.3, 0.4) is 0 Å². The summed E-state index contributed by atoms with van der Waals surface area (Å²) in [6.45, 7) is 0. The second-order valence-electron chi connectivity index (χ2n) is 0. The Morgan fingerprint density at radius 3 is 0.500 bits per heavy atom. The average Bonchev–Trinajstić information content (AvgIpc) is 0. The molecule has 0 nitrogen and oxygen atoms in total. The van der Waals surface area contributed by atoms with Gasteiger partial charge in [-0.15, -0.1) is 0 Å². The molecule has 35 valence electrons. The molecule has 0 unspecified atom stereocenters. The Hall–Kier alpha value is 2.18. The molecule has 0 heterocycles. The Bertz CT molecular complexity index is 3.25. The van der Waals surface area contributed by atoms with Crippen LogP contribution in [0, 0.1) is 0 Å². The number of halogens is 3. The first kappa shape index (κ1) is 34.9. The van der Waals surface area contributed by atoms with Gasteiger partial charge in [0.25, 0.3) is 0 Å². The Balaban J connectivity index is 0. The molecule has 0 aliphatic carbocycles. The molecule has 1 radical (unpaired) electrons. The summed E-state index contributed by atoms with van der Waals surface area (Å²) in [5.41, 5.74) is 0. The minimum atomic E-state index is 0. The van der Waals surface area contributed by atoms with Crippen LogP contribution >= 0.6 is 0 Å². The van der Waals surface area contributed by atoms with Crippen molar-refractivity contribution in [1.29, 1.82) is 0 Å².